The van der Waals surface area contributed by atoms with Crippen molar-refractivity contribution in [3.05, 3.63) is 81.6 Å². The smallest absolute Gasteiger partial charge is 0.344 e. The van der Waals surface area contributed by atoms with Crippen LogP contribution >= 0.6 is 0 Å². The summed E-state index contributed by atoms with van der Waals surface area (Å²) in [5.41, 5.74) is 5.61. The van der Waals surface area contributed by atoms with Crippen molar-refractivity contribution in [1.82, 2.24) is 30.3 Å². The van der Waals surface area contributed by atoms with Crippen molar-refractivity contribution >= 4 is 20.2 Å². The Labute approximate surface area is 401 Å². The van der Waals surface area contributed by atoms with Crippen LogP contribution in [-0.4, -0.2) is 115 Å². The van der Waals surface area contributed by atoms with E-state index in [9.17, 15) is 16.8 Å². The largest absolute Gasteiger partial charge is 0.379 e. The first-order chi connectivity index (χ1) is 32.1. The van der Waals surface area contributed by atoms with Gasteiger partial charge in [0.05, 0.1) is 0 Å². The van der Waals surface area contributed by atoms with E-state index in [1.165, 1.54) is 61.0 Å². The zero-order chi connectivity index (χ0) is 48.3. The fourth-order valence-electron chi connectivity index (χ4n) is 10.5. The van der Waals surface area contributed by atoms with Crippen LogP contribution in [0.5, 0.6) is 11.5 Å². The molecule has 4 heterocycles. The number of hydrogen-bond acceptors (Lipinski definition) is 14. The van der Waals surface area contributed by atoms with E-state index in [0.717, 1.165) is 102 Å². The number of nitrogens with one attached hydrogen (secondary N) is 1. The Morgan fingerprint density at radius 3 is 1.49 bits per heavy atom. The fourth-order valence-corrected chi connectivity index (χ4v) is 13.0. The molecule has 2 aromatic heterocycles. The first-order valence-electron chi connectivity index (χ1n) is 24.4. The molecule has 2 aromatic carbocycles. The van der Waals surface area contributed by atoms with E-state index in [1.54, 1.807) is 39.8 Å². The minimum Gasteiger partial charge on any atom is -0.379 e. The van der Waals surface area contributed by atoms with Gasteiger partial charge in [-0.25, -0.2) is 0 Å². The molecule has 2 saturated heterocycles. The van der Waals surface area contributed by atoms with E-state index < -0.39 is 20.2 Å². The van der Waals surface area contributed by atoms with Gasteiger partial charge in [-0.15, -0.1) is 0 Å². The lowest BCUT2D eigenvalue weighted by molar-refractivity contribution is 0.119. The van der Waals surface area contributed by atoms with E-state index in [-0.39, 0.29) is 28.7 Å². The van der Waals surface area contributed by atoms with E-state index >= 15 is 0 Å². The van der Waals surface area contributed by atoms with Crippen LogP contribution in [0.1, 0.15) is 118 Å². The molecule has 2 fully saturated rings. The third-order valence-electron chi connectivity index (χ3n) is 13.9. The van der Waals surface area contributed by atoms with Gasteiger partial charge >= 0.3 is 20.2 Å². The first-order valence-corrected chi connectivity index (χ1v) is 26.8. The quantitative estimate of drug-likeness (QED) is 0.107. The van der Waals surface area contributed by atoms with Crippen molar-refractivity contribution < 1.29 is 39.0 Å². The first kappa shape index (κ1) is 52.5. The van der Waals surface area contributed by atoms with Gasteiger partial charge in [0.25, 0.3) is 1.45 Å². The number of nitrogens with zero attached hydrogens (tertiary/aromatic N) is 5. The molecule has 2 unspecified atom stereocenters. The molecule has 4 aromatic rings. The van der Waals surface area contributed by atoms with Gasteiger partial charge in [0.2, 0.25) is 0 Å². The molecule has 4 aliphatic rings. The normalized spacial score (nSPS) is 19.5. The highest BCUT2D eigenvalue weighted by Crippen LogP contribution is 2.34. The van der Waals surface area contributed by atoms with Crippen LogP contribution in [0.25, 0.3) is 0 Å². The maximum Gasteiger partial charge on any atom is 0.344 e. The molecule has 374 valence electrons. The second-order valence-electron chi connectivity index (χ2n) is 19.0. The molecule has 0 saturated carbocycles. The number of piperidine rings is 2. The molecule has 67 heavy (non-hydrogen) atoms. The van der Waals surface area contributed by atoms with E-state index in [0.29, 0.717) is 35.0 Å². The molecular weight excluding hydrogens is 896 g/mol. The second-order valence-corrected chi connectivity index (χ2v) is 21.9. The topological polar surface area (TPSA) is 161 Å². The minimum absolute atomic E-state index is 0. The Morgan fingerprint density at radius 2 is 1.10 bits per heavy atom. The van der Waals surface area contributed by atoms with E-state index in [4.69, 9.17) is 22.1 Å². The number of aryl methyl sites for hydroxylation is 6. The molecule has 0 radical (unpaired) electrons. The predicted molar refractivity (Wildman–Crippen MR) is 261 cm³/mol. The molecular formula is C50H77FN6O8S2. The van der Waals surface area contributed by atoms with Crippen LogP contribution in [0.4, 0.5) is 4.72 Å². The predicted octanol–water partition coefficient (Wildman–Crippen LogP) is 8.39. The zero-order valence-corrected chi connectivity index (χ0v) is 41.7. The van der Waals surface area contributed by atoms with Crippen molar-refractivity contribution in [2.75, 3.05) is 59.4 Å². The number of halogens is 1. The average molecular weight is 975 g/mol. The molecule has 1 N–H and O–H groups in total. The standard InChI is InChI=1S/C25H37N3O4S.C24H35N3O4S.CH4.FH/c1-5-12-28(17-20-10-13-27(4)14-11-20)23-8-6-21-7-9-24(16-22(21)15-23)32-33(29,30)25-18(2)26-31-19(25)3;1-4-13-27(16-19-9-11-25-12-10-19)22-7-5-20-6-8-23(15-21(20)14-22)31-32(28,29)24-17(2)26-30-18(24)3;;/h7,9,16,20,23H,5-6,8,10-15,17H2,1-4H3;6,8,15,19,22,25H,4-5,7,9-14,16H2,1-3H3;1H4;1H/i/hT. The summed E-state index contributed by atoms with van der Waals surface area (Å²) < 4.78 is 85.3. The van der Waals surface area contributed by atoms with Gasteiger partial charge in [0.15, 0.2) is 21.3 Å². The molecule has 2 aliphatic carbocycles. The van der Waals surface area contributed by atoms with Crippen LogP contribution in [0, 0.1) is 39.5 Å². The lowest BCUT2D eigenvalue weighted by Gasteiger charge is -2.39. The zero-order valence-electron chi connectivity index (χ0n) is 41.1. The van der Waals surface area contributed by atoms with Gasteiger partial charge < -0.3 is 27.6 Å². The summed E-state index contributed by atoms with van der Waals surface area (Å²) in [4.78, 5) is 7.82. The second kappa shape index (κ2) is 24.1. The van der Waals surface area contributed by atoms with Gasteiger partial charge in [-0.05, 0) is 209 Å². The lowest BCUT2D eigenvalue weighted by Crippen LogP contribution is -2.44. The third kappa shape index (κ3) is 13.7. The molecule has 0 spiro atoms. The Hall–Kier alpha value is -3.87. The Kier molecular flexibility index (Phi) is 18.9. The summed E-state index contributed by atoms with van der Waals surface area (Å²) in [6, 6.07) is 12.4. The average Bonchev–Trinajstić information content (AvgIpc) is 3.85. The molecule has 14 nitrogen and oxygen atoms in total. The van der Waals surface area contributed by atoms with Crippen molar-refractivity contribution in [1.29, 1.82) is 1.45 Å². The highest BCUT2D eigenvalue weighted by Gasteiger charge is 2.32. The molecule has 8 rings (SSSR count). The van der Waals surface area contributed by atoms with Crippen molar-refractivity contribution in [3.8, 4) is 11.5 Å². The van der Waals surface area contributed by atoms with Gasteiger partial charge in [-0.2, -0.15) is 16.8 Å². The van der Waals surface area contributed by atoms with Crippen LogP contribution in [0.3, 0.4) is 0 Å². The van der Waals surface area contributed by atoms with Gasteiger partial charge in [0.1, 0.15) is 22.9 Å². The van der Waals surface area contributed by atoms with Gasteiger partial charge in [-0.3, -0.25) is 14.5 Å². The number of hydrogen-bond donors (Lipinski definition) is 1. The number of aromatic nitrogens is 2. The van der Waals surface area contributed by atoms with Crippen molar-refractivity contribution in [2.24, 2.45) is 11.8 Å². The van der Waals surface area contributed by atoms with Crippen molar-refractivity contribution in [3.63, 3.8) is 0 Å². The number of benzene rings is 2. The Morgan fingerprint density at radius 1 is 0.687 bits per heavy atom. The summed E-state index contributed by atoms with van der Waals surface area (Å²) in [5, 5.41) is 11.0. The Bertz CT molecular complexity index is 2400. The van der Waals surface area contributed by atoms with E-state index in [2.05, 4.69) is 52.7 Å². The van der Waals surface area contributed by atoms with Crippen LogP contribution in [0.15, 0.2) is 55.2 Å². The van der Waals surface area contributed by atoms with Gasteiger partial charge in [0, 0.05) is 25.2 Å². The maximum atomic E-state index is 12.8. The minimum atomic E-state index is -3.99. The van der Waals surface area contributed by atoms with Crippen LogP contribution in [0.2, 0.25) is 0 Å². The van der Waals surface area contributed by atoms with Crippen LogP contribution < -0.4 is 13.7 Å². The maximum absolute atomic E-state index is 12.8. The highest BCUT2D eigenvalue weighted by atomic mass is 32.2. The van der Waals surface area contributed by atoms with E-state index in [1.807, 2.05) is 24.3 Å². The molecule has 2 aliphatic heterocycles. The number of likely N-dealkylation sites (tertiary alicyclic amines) is 1. The third-order valence-corrected chi connectivity index (χ3v) is 16.9. The summed E-state index contributed by atoms with van der Waals surface area (Å²) in [5.74, 6) is 2.72. The Balaban J connectivity index is 0.000000242. The summed E-state index contributed by atoms with van der Waals surface area (Å²) in [6.07, 6.45) is 13.5. The monoisotopic (exact) mass is 975 g/mol. The summed E-state index contributed by atoms with van der Waals surface area (Å²) in [6.45, 7) is 20.1. The molecule has 2 atom stereocenters. The van der Waals surface area contributed by atoms with Crippen LogP contribution in [-0.2, 0) is 45.9 Å². The van der Waals surface area contributed by atoms with Gasteiger partial charge in [-0.1, -0.05) is 43.7 Å². The molecule has 17 heteroatoms. The fraction of sp³-hybridized carbons (Fsp3) is 0.640. The number of fused-ring (bicyclic) bond motifs is 2. The SMILES string of the molecule is C.CCCN(CC1CCN(C)CC1)C1CCc2ccc(OS(=O)(=O)c3c(C)noc3C)cc2C1.CCCN(CC1CCNCC1)C1CCc2ccc(OS(=O)(=O)c3c(C)noc3C)cc2C1.[3H]F. The molecule has 0 amide bonds. The molecule has 0 bridgehead atoms. The lowest BCUT2D eigenvalue weighted by atomic mass is 9.86. The summed E-state index contributed by atoms with van der Waals surface area (Å²) in [7, 11) is -5.77. The highest BCUT2D eigenvalue weighted by molar-refractivity contribution is 7.87. The number of rotatable bonds is 16. The van der Waals surface area contributed by atoms with Crippen molar-refractivity contribution in [2.45, 2.75) is 148 Å². The summed E-state index contributed by atoms with van der Waals surface area (Å²) >= 11 is 0.